The summed E-state index contributed by atoms with van der Waals surface area (Å²) in [4.78, 5) is 34.2. The lowest BCUT2D eigenvalue weighted by Crippen LogP contribution is -2.39. The van der Waals surface area contributed by atoms with Crippen LogP contribution in [-0.2, 0) is 14.3 Å². The third-order valence-electron chi connectivity index (χ3n) is 5.85. The molecule has 2 aliphatic rings. The number of aromatic nitrogens is 1. The van der Waals surface area contributed by atoms with Gasteiger partial charge in [-0.25, -0.2) is 0 Å². The molecule has 0 saturated carbocycles. The Hall–Kier alpha value is -3.23. The van der Waals surface area contributed by atoms with Gasteiger partial charge in [0.25, 0.3) is 11.7 Å². The number of amides is 1. The van der Waals surface area contributed by atoms with E-state index in [1.165, 1.54) is 4.90 Å². The van der Waals surface area contributed by atoms with Gasteiger partial charge in [-0.05, 0) is 42.8 Å². The van der Waals surface area contributed by atoms with E-state index in [9.17, 15) is 14.7 Å². The van der Waals surface area contributed by atoms with Crippen molar-refractivity contribution >= 4 is 17.4 Å². The molecule has 1 aromatic heterocycles. The molecule has 1 atom stereocenters. The highest BCUT2D eigenvalue weighted by atomic mass is 16.5. The van der Waals surface area contributed by atoms with Gasteiger partial charge in [0, 0.05) is 37.9 Å². The van der Waals surface area contributed by atoms with Crippen LogP contribution < -0.4 is 4.74 Å². The van der Waals surface area contributed by atoms with Crippen LogP contribution in [0.4, 0.5) is 0 Å². The molecule has 1 amide bonds. The molecule has 8 heteroatoms. The third kappa shape index (κ3) is 4.51. The number of carbonyl (C=O) groups excluding carboxylic acids is 2. The SMILES string of the molecule is COc1ccc(C(O)=C2C(=O)C(=O)N(CCCN3CCOCC3)[C@H]2c2ccccn2)cc1. The van der Waals surface area contributed by atoms with E-state index in [1.54, 1.807) is 49.7 Å². The quantitative estimate of drug-likeness (QED) is 0.403. The molecule has 0 bridgehead atoms. The van der Waals surface area contributed by atoms with Crippen LogP contribution in [0.1, 0.15) is 23.7 Å². The van der Waals surface area contributed by atoms with E-state index in [0.717, 1.165) is 19.6 Å². The summed E-state index contributed by atoms with van der Waals surface area (Å²) in [5, 5.41) is 11.0. The minimum atomic E-state index is -0.733. The summed E-state index contributed by atoms with van der Waals surface area (Å²) in [5.41, 5.74) is 1.05. The largest absolute Gasteiger partial charge is 0.507 e. The van der Waals surface area contributed by atoms with Gasteiger partial charge in [0.1, 0.15) is 17.6 Å². The van der Waals surface area contributed by atoms with Crippen molar-refractivity contribution in [2.45, 2.75) is 12.5 Å². The summed E-state index contributed by atoms with van der Waals surface area (Å²) >= 11 is 0. The summed E-state index contributed by atoms with van der Waals surface area (Å²) in [6, 6.07) is 11.3. The predicted molar refractivity (Wildman–Crippen MR) is 118 cm³/mol. The summed E-state index contributed by atoms with van der Waals surface area (Å²) in [6.45, 7) is 4.34. The number of likely N-dealkylation sites (tertiary alicyclic amines) is 1. The fourth-order valence-electron chi connectivity index (χ4n) is 4.15. The van der Waals surface area contributed by atoms with E-state index in [1.807, 2.05) is 6.07 Å². The molecule has 4 rings (SSSR count). The van der Waals surface area contributed by atoms with Crippen molar-refractivity contribution in [2.24, 2.45) is 0 Å². The topological polar surface area (TPSA) is 92.2 Å². The summed E-state index contributed by atoms with van der Waals surface area (Å²) in [7, 11) is 1.55. The van der Waals surface area contributed by atoms with Crippen LogP contribution in [0.5, 0.6) is 5.75 Å². The van der Waals surface area contributed by atoms with Gasteiger partial charge in [-0.2, -0.15) is 0 Å². The molecule has 8 nitrogen and oxygen atoms in total. The van der Waals surface area contributed by atoms with Crippen LogP contribution in [0.2, 0.25) is 0 Å². The number of carbonyl (C=O) groups is 2. The Bertz CT molecular complexity index is 984. The zero-order valence-corrected chi connectivity index (χ0v) is 18.1. The van der Waals surface area contributed by atoms with Crippen molar-refractivity contribution < 1.29 is 24.2 Å². The molecule has 1 aromatic carbocycles. The van der Waals surface area contributed by atoms with Crippen molar-refractivity contribution in [3.05, 3.63) is 65.5 Å². The van der Waals surface area contributed by atoms with E-state index >= 15 is 0 Å². The number of Topliss-reactive ketones (excluding diaryl/α,β-unsaturated/α-hetero) is 1. The number of hydrogen-bond acceptors (Lipinski definition) is 7. The van der Waals surface area contributed by atoms with Gasteiger partial charge in [-0.15, -0.1) is 0 Å². The Kier molecular flexibility index (Phi) is 6.82. The average Bonchev–Trinajstić information content (AvgIpc) is 3.10. The van der Waals surface area contributed by atoms with Crippen molar-refractivity contribution in [3.63, 3.8) is 0 Å². The number of hydrogen-bond donors (Lipinski definition) is 1. The summed E-state index contributed by atoms with van der Waals surface area (Å²) in [6.07, 6.45) is 2.33. The van der Waals surface area contributed by atoms with Crippen molar-refractivity contribution in [1.29, 1.82) is 0 Å². The first-order chi connectivity index (χ1) is 15.6. The molecule has 2 aromatic rings. The van der Waals surface area contributed by atoms with Gasteiger partial charge in [-0.1, -0.05) is 6.07 Å². The minimum Gasteiger partial charge on any atom is -0.507 e. The number of methoxy groups -OCH3 is 1. The lowest BCUT2D eigenvalue weighted by atomic mass is 9.98. The Morgan fingerprint density at radius 1 is 1.12 bits per heavy atom. The average molecular weight is 437 g/mol. The molecular weight excluding hydrogens is 410 g/mol. The van der Waals surface area contributed by atoms with Gasteiger partial charge in [0.05, 0.1) is 31.6 Å². The Morgan fingerprint density at radius 3 is 2.53 bits per heavy atom. The third-order valence-corrected chi connectivity index (χ3v) is 5.85. The van der Waals surface area contributed by atoms with Crippen LogP contribution in [0.25, 0.3) is 5.76 Å². The zero-order valence-electron chi connectivity index (χ0n) is 18.1. The number of aliphatic hydroxyl groups is 1. The first-order valence-corrected chi connectivity index (χ1v) is 10.7. The minimum absolute atomic E-state index is 0.0604. The predicted octanol–water partition coefficient (Wildman–Crippen LogP) is 2.23. The molecule has 168 valence electrons. The number of aliphatic hydroxyl groups excluding tert-OH is 1. The standard InChI is InChI=1S/C24H27N3O5/c1-31-18-8-6-17(7-9-18)22(28)20-21(19-5-2-3-10-25-19)27(24(30)23(20)29)12-4-11-26-13-15-32-16-14-26/h2-3,5-10,21,28H,4,11-16H2,1H3/t21-/m0/s1. The highest BCUT2D eigenvalue weighted by Crippen LogP contribution is 2.38. The molecule has 2 fully saturated rings. The number of benzene rings is 1. The van der Waals surface area contributed by atoms with Crippen molar-refractivity contribution in [1.82, 2.24) is 14.8 Å². The molecule has 1 N–H and O–H groups in total. The summed E-state index contributed by atoms with van der Waals surface area (Å²) in [5.74, 6) is -0.887. The van der Waals surface area contributed by atoms with Gasteiger partial charge in [0.2, 0.25) is 0 Å². The maximum atomic E-state index is 13.0. The Labute approximate surface area is 187 Å². The second kappa shape index (κ2) is 9.93. The molecule has 0 radical (unpaired) electrons. The van der Waals surface area contributed by atoms with Crippen LogP contribution in [0, 0.1) is 0 Å². The number of ether oxygens (including phenoxy) is 2. The summed E-state index contributed by atoms with van der Waals surface area (Å²) < 4.78 is 10.5. The normalized spacial score (nSPS) is 21.2. The van der Waals surface area contributed by atoms with E-state index < -0.39 is 17.7 Å². The Balaban J connectivity index is 1.64. The lowest BCUT2D eigenvalue weighted by molar-refractivity contribution is -0.140. The maximum Gasteiger partial charge on any atom is 0.295 e. The van der Waals surface area contributed by atoms with E-state index in [-0.39, 0.29) is 11.3 Å². The second-order valence-corrected chi connectivity index (χ2v) is 7.78. The van der Waals surface area contributed by atoms with Gasteiger partial charge in [-0.3, -0.25) is 19.5 Å². The number of nitrogens with zero attached hydrogens (tertiary/aromatic N) is 3. The smallest absolute Gasteiger partial charge is 0.295 e. The first kappa shape index (κ1) is 22.0. The van der Waals surface area contributed by atoms with E-state index in [0.29, 0.717) is 43.2 Å². The number of pyridine rings is 1. The molecular formula is C24H27N3O5. The highest BCUT2D eigenvalue weighted by Gasteiger charge is 2.46. The van der Waals surface area contributed by atoms with Crippen molar-refractivity contribution in [2.75, 3.05) is 46.5 Å². The van der Waals surface area contributed by atoms with Crippen molar-refractivity contribution in [3.8, 4) is 5.75 Å². The van der Waals surface area contributed by atoms with Crippen LogP contribution >= 0.6 is 0 Å². The highest BCUT2D eigenvalue weighted by molar-refractivity contribution is 6.46. The van der Waals surface area contributed by atoms with Crippen LogP contribution in [0.3, 0.4) is 0 Å². The zero-order chi connectivity index (χ0) is 22.5. The molecule has 3 heterocycles. The first-order valence-electron chi connectivity index (χ1n) is 10.7. The molecule has 0 spiro atoms. The number of rotatable bonds is 7. The van der Waals surface area contributed by atoms with E-state index in [2.05, 4.69) is 9.88 Å². The fraction of sp³-hybridized carbons (Fsp3) is 0.375. The monoisotopic (exact) mass is 437 g/mol. The fourth-order valence-corrected chi connectivity index (χ4v) is 4.15. The van der Waals surface area contributed by atoms with Crippen LogP contribution in [0.15, 0.2) is 54.2 Å². The molecule has 32 heavy (non-hydrogen) atoms. The van der Waals surface area contributed by atoms with Gasteiger partial charge >= 0.3 is 0 Å². The molecule has 0 aliphatic carbocycles. The lowest BCUT2D eigenvalue weighted by Gasteiger charge is -2.28. The van der Waals surface area contributed by atoms with Gasteiger partial charge < -0.3 is 19.5 Å². The second-order valence-electron chi connectivity index (χ2n) is 7.78. The van der Waals surface area contributed by atoms with Gasteiger partial charge in [0.15, 0.2) is 0 Å². The van der Waals surface area contributed by atoms with Crippen LogP contribution in [-0.4, -0.2) is 78.1 Å². The maximum absolute atomic E-state index is 13.0. The van der Waals surface area contributed by atoms with E-state index in [4.69, 9.17) is 9.47 Å². The molecule has 2 aliphatic heterocycles. The molecule has 2 saturated heterocycles. The number of morpholine rings is 1. The molecule has 0 unspecified atom stereocenters. The Morgan fingerprint density at radius 2 is 1.88 bits per heavy atom. The number of ketones is 1.